The first kappa shape index (κ1) is 15.7. The molecule has 0 amide bonds. The lowest BCUT2D eigenvalue weighted by molar-refractivity contribution is -0.142. The fourth-order valence-electron chi connectivity index (χ4n) is 2.73. The summed E-state index contributed by atoms with van der Waals surface area (Å²) in [4.78, 5) is 10.3. The topological polar surface area (TPSA) is 83.9 Å². The Labute approximate surface area is 120 Å². The molecule has 7 heteroatoms. The molecule has 6 nitrogen and oxygen atoms in total. The van der Waals surface area contributed by atoms with E-state index in [2.05, 4.69) is 0 Å². The van der Waals surface area contributed by atoms with Crippen LogP contribution in [0.4, 0.5) is 0 Å². The van der Waals surface area contributed by atoms with E-state index in [0.717, 1.165) is 32.1 Å². The number of carbonyl (C=O) groups is 1. The number of hydrogen-bond acceptors (Lipinski definition) is 4. The molecule has 116 valence electrons. The van der Waals surface area contributed by atoms with Crippen LogP contribution in [0.25, 0.3) is 0 Å². The number of ether oxygens (including phenoxy) is 1. The van der Waals surface area contributed by atoms with Gasteiger partial charge >= 0.3 is 5.97 Å². The number of hydrogen-bond donors (Lipinski definition) is 1. The molecule has 0 aromatic heterocycles. The summed E-state index contributed by atoms with van der Waals surface area (Å²) in [7, 11) is -3.10. The Hall–Kier alpha value is -0.660. The van der Waals surface area contributed by atoms with E-state index in [0.29, 0.717) is 31.4 Å². The highest BCUT2D eigenvalue weighted by molar-refractivity contribution is 7.89. The molecular weight excluding hydrogens is 282 g/mol. The Morgan fingerprint density at radius 3 is 2.30 bits per heavy atom. The number of aliphatic carboxylic acids is 1. The van der Waals surface area contributed by atoms with E-state index >= 15 is 0 Å². The van der Waals surface area contributed by atoms with Crippen molar-refractivity contribution in [2.45, 2.75) is 32.1 Å². The van der Waals surface area contributed by atoms with Gasteiger partial charge in [0.05, 0.1) is 12.4 Å². The largest absolute Gasteiger partial charge is 0.480 e. The van der Waals surface area contributed by atoms with E-state index in [-0.39, 0.29) is 12.5 Å². The zero-order valence-corrected chi connectivity index (χ0v) is 12.5. The first-order valence-electron chi connectivity index (χ1n) is 7.25. The van der Waals surface area contributed by atoms with Gasteiger partial charge in [0, 0.05) is 13.1 Å². The molecule has 0 spiro atoms. The van der Waals surface area contributed by atoms with Crippen molar-refractivity contribution in [3.63, 3.8) is 0 Å². The maximum absolute atomic E-state index is 12.2. The summed E-state index contributed by atoms with van der Waals surface area (Å²) in [6, 6.07) is 0. The number of carboxylic acid groups (broad SMARTS) is 1. The van der Waals surface area contributed by atoms with Crippen LogP contribution in [0.2, 0.25) is 0 Å². The molecule has 1 saturated heterocycles. The van der Waals surface area contributed by atoms with Crippen molar-refractivity contribution in [1.29, 1.82) is 0 Å². The molecule has 1 aliphatic heterocycles. The molecule has 1 saturated carbocycles. The van der Waals surface area contributed by atoms with E-state index in [9.17, 15) is 13.2 Å². The van der Waals surface area contributed by atoms with Crippen LogP contribution in [0, 0.1) is 11.8 Å². The van der Waals surface area contributed by atoms with Crippen LogP contribution in [-0.4, -0.2) is 55.9 Å². The van der Waals surface area contributed by atoms with Gasteiger partial charge in [-0.25, -0.2) is 17.5 Å². The molecular formula is C13H23NO5S. The summed E-state index contributed by atoms with van der Waals surface area (Å²) < 4.78 is 31.1. The second-order valence-corrected chi connectivity index (χ2v) is 7.84. The van der Waals surface area contributed by atoms with Crippen LogP contribution in [0.3, 0.4) is 0 Å². The molecule has 0 atom stereocenters. The number of rotatable bonds is 7. The average molecular weight is 305 g/mol. The van der Waals surface area contributed by atoms with Crippen molar-refractivity contribution in [3.05, 3.63) is 0 Å². The van der Waals surface area contributed by atoms with Crippen molar-refractivity contribution < 1.29 is 23.1 Å². The standard InChI is InChI=1S/C13H23NO5S/c15-13(16)9-19-8-11-4-6-14(7-5-11)20(17,18)10-12-2-1-3-12/h11-12H,1-10H2,(H,15,16). The lowest BCUT2D eigenvalue weighted by Gasteiger charge is -2.33. The monoisotopic (exact) mass is 305 g/mol. The number of sulfonamides is 1. The van der Waals surface area contributed by atoms with Crippen LogP contribution in [0.1, 0.15) is 32.1 Å². The molecule has 0 aromatic rings. The zero-order valence-electron chi connectivity index (χ0n) is 11.7. The van der Waals surface area contributed by atoms with E-state index in [4.69, 9.17) is 9.84 Å². The fraction of sp³-hybridized carbons (Fsp3) is 0.923. The van der Waals surface area contributed by atoms with Crippen LogP contribution in [0.15, 0.2) is 0 Å². The molecule has 0 bridgehead atoms. The second kappa shape index (κ2) is 6.87. The normalized spacial score (nSPS) is 22.6. The number of carboxylic acids is 1. The van der Waals surface area contributed by atoms with Gasteiger partial charge < -0.3 is 9.84 Å². The Bertz CT molecular complexity index is 424. The third kappa shape index (κ3) is 4.43. The molecule has 2 fully saturated rings. The van der Waals surface area contributed by atoms with Crippen LogP contribution >= 0.6 is 0 Å². The quantitative estimate of drug-likeness (QED) is 0.756. The van der Waals surface area contributed by atoms with Crippen LogP contribution < -0.4 is 0 Å². The minimum Gasteiger partial charge on any atom is -0.480 e. The van der Waals surface area contributed by atoms with Gasteiger partial charge in [-0.1, -0.05) is 6.42 Å². The van der Waals surface area contributed by atoms with Gasteiger partial charge in [0.1, 0.15) is 6.61 Å². The molecule has 0 aromatic carbocycles. The van der Waals surface area contributed by atoms with E-state index in [1.165, 1.54) is 0 Å². The lowest BCUT2D eigenvalue weighted by Crippen LogP contribution is -2.42. The van der Waals surface area contributed by atoms with Crippen molar-refractivity contribution >= 4 is 16.0 Å². The van der Waals surface area contributed by atoms with Crippen molar-refractivity contribution in [3.8, 4) is 0 Å². The summed E-state index contributed by atoms with van der Waals surface area (Å²) in [5.74, 6) is -0.0423. The SMILES string of the molecule is O=C(O)COCC1CCN(S(=O)(=O)CC2CCC2)CC1. The molecule has 1 N–H and O–H groups in total. The maximum Gasteiger partial charge on any atom is 0.329 e. The highest BCUT2D eigenvalue weighted by Crippen LogP contribution is 2.29. The fourth-order valence-corrected chi connectivity index (χ4v) is 4.64. The highest BCUT2D eigenvalue weighted by atomic mass is 32.2. The Morgan fingerprint density at radius 1 is 1.15 bits per heavy atom. The van der Waals surface area contributed by atoms with E-state index in [1.54, 1.807) is 4.31 Å². The van der Waals surface area contributed by atoms with E-state index in [1.807, 2.05) is 0 Å². The van der Waals surface area contributed by atoms with Crippen LogP contribution in [0.5, 0.6) is 0 Å². The molecule has 20 heavy (non-hydrogen) atoms. The molecule has 1 heterocycles. The maximum atomic E-state index is 12.2. The molecule has 0 radical (unpaired) electrons. The molecule has 1 aliphatic carbocycles. The van der Waals surface area contributed by atoms with Gasteiger partial charge in [-0.2, -0.15) is 0 Å². The van der Waals surface area contributed by atoms with Gasteiger partial charge in [0.2, 0.25) is 10.0 Å². The smallest absolute Gasteiger partial charge is 0.329 e. The molecule has 2 aliphatic rings. The summed E-state index contributed by atoms with van der Waals surface area (Å²) in [5, 5.41) is 8.49. The third-order valence-electron chi connectivity index (χ3n) is 4.22. The Morgan fingerprint density at radius 2 is 1.80 bits per heavy atom. The summed E-state index contributed by atoms with van der Waals surface area (Å²) >= 11 is 0. The zero-order chi connectivity index (χ0) is 14.6. The Kier molecular flexibility index (Phi) is 5.40. The Balaban J connectivity index is 1.71. The predicted octanol–water partition coefficient (Wildman–Crippen LogP) is 0.929. The minimum atomic E-state index is -3.10. The van der Waals surface area contributed by atoms with Gasteiger partial charge in [-0.05, 0) is 37.5 Å². The van der Waals surface area contributed by atoms with Gasteiger partial charge in [-0.15, -0.1) is 0 Å². The van der Waals surface area contributed by atoms with Crippen molar-refractivity contribution in [2.75, 3.05) is 32.1 Å². The average Bonchev–Trinajstić information content (AvgIpc) is 2.34. The van der Waals surface area contributed by atoms with Crippen LogP contribution in [-0.2, 0) is 19.6 Å². The second-order valence-electron chi connectivity index (χ2n) is 5.83. The van der Waals surface area contributed by atoms with E-state index < -0.39 is 16.0 Å². The highest BCUT2D eigenvalue weighted by Gasteiger charge is 2.32. The van der Waals surface area contributed by atoms with Gasteiger partial charge in [-0.3, -0.25) is 0 Å². The van der Waals surface area contributed by atoms with Gasteiger partial charge in [0.15, 0.2) is 0 Å². The first-order chi connectivity index (χ1) is 9.47. The summed E-state index contributed by atoms with van der Waals surface area (Å²) in [6.45, 7) is 1.20. The predicted molar refractivity (Wildman–Crippen MR) is 73.9 cm³/mol. The van der Waals surface area contributed by atoms with Gasteiger partial charge in [0.25, 0.3) is 0 Å². The van der Waals surface area contributed by atoms with Crippen molar-refractivity contribution in [1.82, 2.24) is 4.31 Å². The first-order valence-corrected chi connectivity index (χ1v) is 8.85. The third-order valence-corrected chi connectivity index (χ3v) is 6.26. The molecule has 0 unspecified atom stereocenters. The minimum absolute atomic E-state index is 0.268. The van der Waals surface area contributed by atoms with Crippen molar-refractivity contribution in [2.24, 2.45) is 11.8 Å². The summed E-state index contributed by atoms with van der Waals surface area (Å²) in [5.41, 5.74) is 0. The number of nitrogens with zero attached hydrogens (tertiary/aromatic N) is 1. The number of piperidine rings is 1. The lowest BCUT2D eigenvalue weighted by atomic mass is 9.87. The summed E-state index contributed by atoms with van der Waals surface area (Å²) in [6.07, 6.45) is 4.74. The molecule has 2 rings (SSSR count).